The smallest absolute Gasteiger partial charge is 0.0859 e. The second kappa shape index (κ2) is 5.80. The van der Waals surface area contributed by atoms with Crippen LogP contribution >= 0.6 is 0 Å². The zero-order valence-electron chi connectivity index (χ0n) is 14.7. The molecule has 0 aliphatic rings. The normalized spacial score (nSPS) is 13.4. The van der Waals surface area contributed by atoms with Crippen molar-refractivity contribution in [2.75, 3.05) is 0 Å². The molecule has 3 aromatic rings. The molecule has 0 bridgehead atoms. The molecule has 0 N–H and O–H groups in total. The third-order valence-electron chi connectivity index (χ3n) is 4.58. The van der Waals surface area contributed by atoms with Crippen molar-refractivity contribution in [3.05, 3.63) is 53.9 Å². The lowest BCUT2D eigenvalue weighted by atomic mass is 9.86. The topological polar surface area (TPSA) is 30.7 Å². The van der Waals surface area contributed by atoms with E-state index in [0.717, 1.165) is 17.8 Å². The van der Waals surface area contributed by atoms with E-state index in [1.807, 2.05) is 10.9 Å². The average molecular weight is 307 g/mol. The van der Waals surface area contributed by atoms with Crippen molar-refractivity contribution in [1.82, 2.24) is 15.0 Å². The van der Waals surface area contributed by atoms with Gasteiger partial charge in [0.05, 0.1) is 17.6 Å². The number of aromatic nitrogens is 3. The zero-order chi connectivity index (χ0) is 16.6. The molecule has 1 atom stereocenters. The van der Waals surface area contributed by atoms with Gasteiger partial charge in [0.1, 0.15) is 0 Å². The number of fused-ring (bicyclic) bond motifs is 1. The molecule has 0 aliphatic carbocycles. The molecule has 0 spiro atoms. The second-order valence-electron chi connectivity index (χ2n) is 7.39. The third-order valence-corrected chi connectivity index (χ3v) is 4.58. The quantitative estimate of drug-likeness (QED) is 0.663. The van der Waals surface area contributed by atoms with Crippen molar-refractivity contribution < 1.29 is 0 Å². The van der Waals surface area contributed by atoms with Crippen molar-refractivity contribution in [3.8, 4) is 5.69 Å². The minimum atomic E-state index is 0.171. The number of benzene rings is 2. The van der Waals surface area contributed by atoms with Gasteiger partial charge in [-0.15, -0.1) is 5.10 Å². The van der Waals surface area contributed by atoms with E-state index in [1.165, 1.54) is 16.3 Å². The molecule has 1 aromatic heterocycles. The Bertz CT molecular complexity index is 824. The summed E-state index contributed by atoms with van der Waals surface area (Å²) in [6.07, 6.45) is 3.12. The maximum absolute atomic E-state index is 4.30. The zero-order valence-corrected chi connectivity index (χ0v) is 14.7. The summed E-state index contributed by atoms with van der Waals surface area (Å²) in [6.45, 7) is 11.1. The Morgan fingerprint density at radius 1 is 1.04 bits per heavy atom. The molecule has 0 saturated heterocycles. The van der Waals surface area contributed by atoms with Crippen LogP contribution in [0.1, 0.15) is 58.2 Å². The first-order valence-electron chi connectivity index (χ1n) is 8.35. The molecule has 120 valence electrons. The van der Waals surface area contributed by atoms with Gasteiger partial charge in [-0.2, -0.15) is 0 Å². The molecule has 23 heavy (non-hydrogen) atoms. The van der Waals surface area contributed by atoms with E-state index in [2.05, 4.69) is 81.3 Å². The van der Waals surface area contributed by atoms with Crippen LogP contribution < -0.4 is 0 Å². The van der Waals surface area contributed by atoms with Gasteiger partial charge in [-0.25, -0.2) is 4.68 Å². The average Bonchev–Trinajstić information content (AvgIpc) is 3.02. The standard InChI is InChI=1S/C20H25N3/c1-6-14(2)19-13-23(22-21-19)18-10-8-15-11-17(20(3,4)5)9-7-16(15)12-18/h7-14H,6H2,1-5H3. The molecule has 3 rings (SSSR count). The van der Waals surface area contributed by atoms with E-state index in [-0.39, 0.29) is 5.41 Å². The van der Waals surface area contributed by atoms with Crippen molar-refractivity contribution in [2.24, 2.45) is 0 Å². The van der Waals surface area contributed by atoms with E-state index >= 15 is 0 Å². The van der Waals surface area contributed by atoms with Gasteiger partial charge in [0.25, 0.3) is 0 Å². The summed E-state index contributed by atoms with van der Waals surface area (Å²) in [6, 6.07) is 13.2. The Morgan fingerprint density at radius 3 is 2.43 bits per heavy atom. The summed E-state index contributed by atoms with van der Waals surface area (Å²) >= 11 is 0. The third kappa shape index (κ3) is 3.14. The molecular weight excluding hydrogens is 282 g/mol. The summed E-state index contributed by atoms with van der Waals surface area (Å²) in [5.41, 5.74) is 3.64. The Kier molecular flexibility index (Phi) is 3.97. The van der Waals surface area contributed by atoms with Gasteiger partial charge in [0.15, 0.2) is 0 Å². The van der Waals surface area contributed by atoms with Gasteiger partial charge >= 0.3 is 0 Å². The molecular formula is C20H25N3. The lowest BCUT2D eigenvalue weighted by molar-refractivity contribution is 0.591. The largest absolute Gasteiger partial charge is 0.220 e. The number of hydrogen-bond donors (Lipinski definition) is 0. The van der Waals surface area contributed by atoms with Crippen molar-refractivity contribution in [2.45, 2.75) is 52.4 Å². The van der Waals surface area contributed by atoms with Gasteiger partial charge in [-0.1, -0.05) is 64.1 Å². The van der Waals surface area contributed by atoms with E-state index in [9.17, 15) is 0 Å². The van der Waals surface area contributed by atoms with Crippen LogP contribution in [0.25, 0.3) is 16.5 Å². The van der Waals surface area contributed by atoms with Crippen molar-refractivity contribution in [1.29, 1.82) is 0 Å². The molecule has 3 nitrogen and oxygen atoms in total. The minimum absolute atomic E-state index is 0.171. The summed E-state index contributed by atoms with van der Waals surface area (Å²) in [5.74, 6) is 0.443. The summed E-state index contributed by atoms with van der Waals surface area (Å²) in [7, 11) is 0. The molecule has 0 aliphatic heterocycles. The first kappa shape index (κ1) is 15.7. The molecule has 3 heteroatoms. The predicted molar refractivity (Wildman–Crippen MR) is 96.3 cm³/mol. The molecule has 0 saturated carbocycles. The van der Waals surface area contributed by atoms with E-state index in [4.69, 9.17) is 0 Å². The Hall–Kier alpha value is -2.16. The van der Waals surface area contributed by atoms with Crippen LogP contribution in [0.4, 0.5) is 0 Å². The number of nitrogens with zero attached hydrogens (tertiary/aromatic N) is 3. The van der Waals surface area contributed by atoms with Crippen LogP contribution in [0.15, 0.2) is 42.6 Å². The molecule has 1 heterocycles. The van der Waals surface area contributed by atoms with Crippen LogP contribution in [0, 0.1) is 0 Å². The summed E-state index contributed by atoms with van der Waals surface area (Å²) in [4.78, 5) is 0. The Balaban J connectivity index is 1.99. The first-order valence-corrected chi connectivity index (χ1v) is 8.35. The minimum Gasteiger partial charge on any atom is -0.220 e. The Labute approximate surface area is 138 Å². The fourth-order valence-corrected chi connectivity index (χ4v) is 2.68. The van der Waals surface area contributed by atoms with Crippen LogP contribution in [-0.2, 0) is 5.41 Å². The lowest BCUT2D eigenvalue weighted by Crippen LogP contribution is -2.10. The monoisotopic (exact) mass is 307 g/mol. The highest BCUT2D eigenvalue weighted by atomic mass is 15.4. The van der Waals surface area contributed by atoms with Crippen LogP contribution in [0.2, 0.25) is 0 Å². The summed E-state index contributed by atoms with van der Waals surface area (Å²) in [5, 5.41) is 11.1. The van der Waals surface area contributed by atoms with Crippen LogP contribution in [-0.4, -0.2) is 15.0 Å². The van der Waals surface area contributed by atoms with Gasteiger partial charge < -0.3 is 0 Å². The first-order chi connectivity index (χ1) is 10.9. The molecule has 2 aromatic carbocycles. The van der Waals surface area contributed by atoms with Gasteiger partial charge in [0.2, 0.25) is 0 Å². The van der Waals surface area contributed by atoms with Crippen molar-refractivity contribution in [3.63, 3.8) is 0 Å². The van der Waals surface area contributed by atoms with E-state index < -0.39 is 0 Å². The highest BCUT2D eigenvalue weighted by molar-refractivity contribution is 5.85. The fourth-order valence-electron chi connectivity index (χ4n) is 2.68. The van der Waals surface area contributed by atoms with E-state index in [1.54, 1.807) is 0 Å². The fraction of sp³-hybridized carbons (Fsp3) is 0.400. The highest BCUT2D eigenvalue weighted by Gasteiger charge is 2.14. The molecule has 1 unspecified atom stereocenters. The molecule has 0 amide bonds. The van der Waals surface area contributed by atoms with Gasteiger partial charge in [0, 0.05) is 5.92 Å². The number of hydrogen-bond acceptors (Lipinski definition) is 2. The van der Waals surface area contributed by atoms with Gasteiger partial charge in [-0.05, 0) is 40.3 Å². The highest BCUT2D eigenvalue weighted by Crippen LogP contribution is 2.27. The molecule has 0 fully saturated rings. The van der Waals surface area contributed by atoms with E-state index in [0.29, 0.717) is 5.92 Å². The maximum Gasteiger partial charge on any atom is 0.0859 e. The number of rotatable bonds is 3. The maximum atomic E-state index is 4.30. The molecule has 0 radical (unpaired) electrons. The SMILES string of the molecule is CCC(C)c1cn(-c2ccc3cc(C(C)(C)C)ccc3c2)nn1. The Morgan fingerprint density at radius 2 is 1.74 bits per heavy atom. The summed E-state index contributed by atoms with van der Waals surface area (Å²) < 4.78 is 1.87. The predicted octanol–water partition coefficient (Wildman–Crippen LogP) is 5.23. The van der Waals surface area contributed by atoms with Crippen LogP contribution in [0.3, 0.4) is 0 Å². The second-order valence-corrected chi connectivity index (χ2v) is 7.39. The van der Waals surface area contributed by atoms with Crippen LogP contribution in [0.5, 0.6) is 0 Å². The van der Waals surface area contributed by atoms with Crippen molar-refractivity contribution >= 4 is 10.8 Å². The van der Waals surface area contributed by atoms with Gasteiger partial charge in [-0.3, -0.25) is 0 Å². The lowest BCUT2D eigenvalue weighted by Gasteiger charge is -2.19.